The topological polar surface area (TPSA) is 98.8 Å². The summed E-state index contributed by atoms with van der Waals surface area (Å²) in [5, 5.41) is 4.94. The van der Waals surface area contributed by atoms with Gasteiger partial charge in [-0.3, -0.25) is 24.6 Å². The maximum absolute atomic E-state index is 12.3. The zero-order valence-electron chi connectivity index (χ0n) is 13.1. The molecule has 0 saturated carbocycles. The average Bonchev–Trinajstić information content (AvgIpc) is 3.06. The van der Waals surface area contributed by atoms with Crippen LogP contribution in [-0.4, -0.2) is 59.2 Å². The van der Waals surface area contributed by atoms with Gasteiger partial charge in [0.15, 0.2) is 0 Å². The number of allylic oxidation sites excluding steroid dienone is 2. The van der Waals surface area contributed by atoms with Crippen molar-refractivity contribution in [2.24, 2.45) is 0 Å². The third-order valence-corrected chi connectivity index (χ3v) is 4.29. The number of likely N-dealkylation sites (tertiary alicyclic amines) is 1. The SMILES string of the molecule is C=C1C(=O)N(C2CCC(=O)NC2=O)C/C1=C/C=C/N1CCNC1=O. The first-order valence-corrected chi connectivity index (χ1v) is 7.73. The van der Waals surface area contributed by atoms with Crippen LogP contribution in [0.25, 0.3) is 0 Å². The number of urea groups is 1. The third-order valence-electron chi connectivity index (χ3n) is 4.29. The number of nitrogens with one attached hydrogen (secondary N) is 2. The molecule has 3 saturated heterocycles. The van der Waals surface area contributed by atoms with Gasteiger partial charge in [-0.05, 0) is 18.1 Å². The molecule has 0 spiro atoms. The van der Waals surface area contributed by atoms with Crippen molar-refractivity contribution in [1.82, 2.24) is 20.4 Å². The van der Waals surface area contributed by atoms with Crippen molar-refractivity contribution in [3.63, 3.8) is 0 Å². The number of piperidine rings is 1. The molecule has 1 atom stereocenters. The zero-order chi connectivity index (χ0) is 17.3. The lowest BCUT2D eigenvalue weighted by atomic mass is 10.0. The largest absolute Gasteiger partial charge is 0.336 e. The van der Waals surface area contributed by atoms with Gasteiger partial charge in [-0.15, -0.1) is 0 Å². The van der Waals surface area contributed by atoms with E-state index in [9.17, 15) is 19.2 Å². The Morgan fingerprint density at radius 1 is 1.21 bits per heavy atom. The minimum Gasteiger partial charge on any atom is -0.336 e. The highest BCUT2D eigenvalue weighted by atomic mass is 16.2. The van der Waals surface area contributed by atoms with E-state index in [1.807, 2.05) is 0 Å². The van der Waals surface area contributed by atoms with Gasteiger partial charge >= 0.3 is 6.03 Å². The van der Waals surface area contributed by atoms with Gasteiger partial charge < -0.3 is 10.2 Å². The summed E-state index contributed by atoms with van der Waals surface area (Å²) in [6.45, 7) is 5.25. The molecule has 0 aliphatic carbocycles. The number of carbonyl (C=O) groups excluding carboxylic acids is 4. The quantitative estimate of drug-likeness (QED) is 0.546. The lowest BCUT2D eigenvalue weighted by Gasteiger charge is -2.28. The highest BCUT2D eigenvalue weighted by Gasteiger charge is 2.39. The molecule has 3 fully saturated rings. The molecule has 3 aliphatic rings. The predicted octanol–water partition coefficient (Wildman–Crippen LogP) is -0.345. The Bertz CT molecular complexity index is 694. The Morgan fingerprint density at radius 2 is 2.00 bits per heavy atom. The first-order valence-electron chi connectivity index (χ1n) is 7.73. The number of nitrogens with zero attached hydrogens (tertiary/aromatic N) is 2. The minimum atomic E-state index is -0.647. The van der Waals surface area contributed by atoms with Crippen LogP contribution in [0.1, 0.15) is 12.8 Å². The van der Waals surface area contributed by atoms with Crippen LogP contribution in [0.3, 0.4) is 0 Å². The van der Waals surface area contributed by atoms with E-state index in [0.717, 1.165) is 0 Å². The second-order valence-electron chi connectivity index (χ2n) is 5.84. The Kier molecular flexibility index (Phi) is 4.20. The van der Waals surface area contributed by atoms with Gasteiger partial charge in [0.2, 0.25) is 11.8 Å². The maximum Gasteiger partial charge on any atom is 0.321 e. The number of hydrogen-bond donors (Lipinski definition) is 2. The van der Waals surface area contributed by atoms with Gasteiger partial charge in [-0.25, -0.2) is 4.79 Å². The fourth-order valence-corrected chi connectivity index (χ4v) is 2.94. The third kappa shape index (κ3) is 2.94. The van der Waals surface area contributed by atoms with Crippen LogP contribution in [0, 0.1) is 0 Å². The van der Waals surface area contributed by atoms with Gasteiger partial charge in [0, 0.05) is 37.8 Å². The van der Waals surface area contributed by atoms with Crippen molar-refractivity contribution in [1.29, 1.82) is 0 Å². The Morgan fingerprint density at radius 3 is 2.67 bits per heavy atom. The molecule has 8 heteroatoms. The van der Waals surface area contributed by atoms with Crippen LogP contribution in [0.5, 0.6) is 0 Å². The monoisotopic (exact) mass is 330 g/mol. The van der Waals surface area contributed by atoms with E-state index in [0.29, 0.717) is 30.7 Å². The lowest BCUT2D eigenvalue weighted by molar-refractivity contribution is -0.142. The molecule has 0 radical (unpaired) electrons. The van der Waals surface area contributed by atoms with Crippen molar-refractivity contribution in [3.8, 4) is 0 Å². The summed E-state index contributed by atoms with van der Waals surface area (Å²) in [7, 11) is 0. The lowest BCUT2D eigenvalue weighted by Crippen LogP contribution is -2.52. The molecule has 126 valence electrons. The molecule has 3 rings (SSSR count). The van der Waals surface area contributed by atoms with Gasteiger partial charge in [0.25, 0.3) is 5.91 Å². The van der Waals surface area contributed by atoms with Crippen molar-refractivity contribution >= 4 is 23.8 Å². The molecule has 0 aromatic rings. The van der Waals surface area contributed by atoms with Crippen molar-refractivity contribution in [3.05, 3.63) is 36.1 Å². The highest BCUT2D eigenvalue weighted by Crippen LogP contribution is 2.26. The van der Waals surface area contributed by atoms with Crippen molar-refractivity contribution in [2.45, 2.75) is 18.9 Å². The molecular formula is C16H18N4O4. The van der Waals surface area contributed by atoms with E-state index in [4.69, 9.17) is 0 Å². The Hall–Kier alpha value is -2.90. The first-order chi connectivity index (χ1) is 11.5. The number of imide groups is 1. The number of carbonyl (C=O) groups is 4. The van der Waals surface area contributed by atoms with E-state index in [1.165, 1.54) is 9.80 Å². The van der Waals surface area contributed by atoms with E-state index in [1.54, 1.807) is 18.4 Å². The summed E-state index contributed by atoms with van der Waals surface area (Å²) in [4.78, 5) is 49.9. The molecule has 1 unspecified atom stereocenters. The molecular weight excluding hydrogens is 312 g/mol. The molecule has 5 amide bonds. The van der Waals surface area contributed by atoms with Crippen LogP contribution in [-0.2, 0) is 14.4 Å². The van der Waals surface area contributed by atoms with Crippen LogP contribution >= 0.6 is 0 Å². The fraction of sp³-hybridized carbons (Fsp3) is 0.375. The number of rotatable bonds is 3. The number of hydrogen-bond acceptors (Lipinski definition) is 4. The van der Waals surface area contributed by atoms with E-state index >= 15 is 0 Å². The molecule has 0 bridgehead atoms. The molecule has 3 heterocycles. The minimum absolute atomic E-state index is 0.156. The van der Waals surface area contributed by atoms with E-state index in [-0.39, 0.29) is 30.8 Å². The van der Waals surface area contributed by atoms with Gasteiger partial charge in [0.05, 0.1) is 0 Å². The molecule has 0 aromatic carbocycles. The number of amides is 5. The summed E-state index contributed by atoms with van der Waals surface area (Å²) in [6.07, 6.45) is 5.59. The predicted molar refractivity (Wildman–Crippen MR) is 84.4 cm³/mol. The second-order valence-corrected chi connectivity index (χ2v) is 5.84. The molecule has 24 heavy (non-hydrogen) atoms. The Labute approximate surface area is 138 Å². The summed E-state index contributed by atoms with van der Waals surface area (Å²) < 4.78 is 0. The smallest absolute Gasteiger partial charge is 0.321 e. The van der Waals surface area contributed by atoms with Crippen LogP contribution in [0.4, 0.5) is 4.79 Å². The fourth-order valence-electron chi connectivity index (χ4n) is 2.94. The van der Waals surface area contributed by atoms with Crippen LogP contribution in [0.2, 0.25) is 0 Å². The zero-order valence-corrected chi connectivity index (χ0v) is 13.1. The highest BCUT2D eigenvalue weighted by molar-refractivity contribution is 6.06. The van der Waals surface area contributed by atoms with Gasteiger partial charge in [0.1, 0.15) is 6.04 Å². The summed E-state index contributed by atoms with van der Waals surface area (Å²) >= 11 is 0. The van der Waals surface area contributed by atoms with E-state index < -0.39 is 11.9 Å². The maximum atomic E-state index is 12.3. The summed E-state index contributed by atoms with van der Waals surface area (Å²) in [5.74, 6) is -1.06. The van der Waals surface area contributed by atoms with Crippen LogP contribution < -0.4 is 10.6 Å². The van der Waals surface area contributed by atoms with Crippen molar-refractivity contribution < 1.29 is 19.2 Å². The second kappa shape index (κ2) is 6.31. The normalized spacial score (nSPS) is 26.8. The summed E-state index contributed by atoms with van der Waals surface area (Å²) in [6, 6.07) is -0.803. The molecule has 8 nitrogen and oxygen atoms in total. The van der Waals surface area contributed by atoms with Gasteiger partial charge in [-0.2, -0.15) is 0 Å². The van der Waals surface area contributed by atoms with Crippen LogP contribution in [0.15, 0.2) is 36.1 Å². The summed E-state index contributed by atoms with van der Waals surface area (Å²) in [5.41, 5.74) is 1.02. The average molecular weight is 330 g/mol. The molecule has 3 aliphatic heterocycles. The molecule has 2 N–H and O–H groups in total. The standard InChI is InChI=1S/C16H18N4O4/c1-10-11(3-2-7-19-8-6-17-16(19)24)9-20(15(10)23)12-4-5-13(21)18-14(12)22/h2-3,7,12H,1,4-6,8-9H2,(H,17,24)(H,18,21,22)/b7-2+,11-3-. The Balaban J connectivity index is 1.69. The molecule has 0 aromatic heterocycles. The first kappa shape index (κ1) is 16.0. The van der Waals surface area contributed by atoms with E-state index in [2.05, 4.69) is 17.2 Å². The van der Waals surface area contributed by atoms with Crippen molar-refractivity contribution in [2.75, 3.05) is 19.6 Å². The van der Waals surface area contributed by atoms with Gasteiger partial charge in [-0.1, -0.05) is 12.7 Å².